The second-order valence-electron chi connectivity index (χ2n) is 5.42. The number of aromatic nitrogens is 2. The van der Waals surface area contributed by atoms with Crippen LogP contribution in [0.3, 0.4) is 0 Å². The molecule has 0 unspecified atom stereocenters. The van der Waals surface area contributed by atoms with E-state index < -0.39 is 0 Å². The van der Waals surface area contributed by atoms with Crippen LogP contribution in [0.2, 0.25) is 0 Å². The first kappa shape index (κ1) is 14.3. The van der Waals surface area contributed by atoms with E-state index in [2.05, 4.69) is 23.2 Å². The molecule has 0 aliphatic rings. The Bertz CT molecular complexity index is 776. The standard InChI is InChI=1S/C18H18N2O2/c1-12-4-7-15(8-5-12)18-20-19-17(22-18)11-21-16-9-6-13(2)10-14(16)3/h4-10H,11H2,1-3H3. The van der Waals surface area contributed by atoms with Crippen LogP contribution in [0, 0.1) is 20.8 Å². The Morgan fingerprint density at radius 2 is 1.64 bits per heavy atom. The molecule has 112 valence electrons. The molecule has 0 spiro atoms. The summed E-state index contributed by atoms with van der Waals surface area (Å²) in [6.07, 6.45) is 0. The van der Waals surface area contributed by atoms with E-state index in [1.165, 1.54) is 11.1 Å². The topological polar surface area (TPSA) is 48.2 Å². The van der Waals surface area contributed by atoms with Gasteiger partial charge in [0.2, 0.25) is 5.89 Å². The number of aryl methyl sites for hydroxylation is 3. The molecule has 1 aromatic heterocycles. The summed E-state index contributed by atoms with van der Waals surface area (Å²) in [6.45, 7) is 6.39. The smallest absolute Gasteiger partial charge is 0.254 e. The molecule has 0 N–H and O–H groups in total. The average Bonchev–Trinajstić information content (AvgIpc) is 2.96. The van der Waals surface area contributed by atoms with E-state index in [4.69, 9.17) is 9.15 Å². The largest absolute Gasteiger partial charge is 0.484 e. The number of rotatable bonds is 4. The molecule has 22 heavy (non-hydrogen) atoms. The first-order valence-corrected chi connectivity index (χ1v) is 7.21. The van der Waals surface area contributed by atoms with Gasteiger partial charge in [0.15, 0.2) is 6.61 Å². The Kier molecular flexibility index (Phi) is 3.92. The minimum Gasteiger partial charge on any atom is -0.484 e. The van der Waals surface area contributed by atoms with Gasteiger partial charge in [0, 0.05) is 5.56 Å². The highest BCUT2D eigenvalue weighted by Crippen LogP contribution is 2.21. The monoisotopic (exact) mass is 294 g/mol. The van der Waals surface area contributed by atoms with E-state index in [9.17, 15) is 0 Å². The maximum Gasteiger partial charge on any atom is 0.254 e. The van der Waals surface area contributed by atoms with Crippen molar-refractivity contribution in [2.24, 2.45) is 0 Å². The summed E-state index contributed by atoms with van der Waals surface area (Å²) in [6, 6.07) is 14.0. The van der Waals surface area contributed by atoms with E-state index in [1.807, 2.05) is 50.2 Å². The van der Waals surface area contributed by atoms with Gasteiger partial charge in [0.05, 0.1) is 0 Å². The molecule has 2 aromatic carbocycles. The third-order valence-corrected chi connectivity index (χ3v) is 3.45. The van der Waals surface area contributed by atoms with Crippen molar-refractivity contribution in [2.45, 2.75) is 27.4 Å². The van der Waals surface area contributed by atoms with Crippen LogP contribution in [0.1, 0.15) is 22.6 Å². The van der Waals surface area contributed by atoms with E-state index in [0.717, 1.165) is 16.9 Å². The second kappa shape index (κ2) is 6.02. The lowest BCUT2D eigenvalue weighted by molar-refractivity contribution is 0.263. The molecule has 3 aromatic rings. The maximum absolute atomic E-state index is 5.75. The highest BCUT2D eigenvalue weighted by atomic mass is 16.5. The summed E-state index contributed by atoms with van der Waals surface area (Å²) < 4.78 is 11.4. The second-order valence-corrected chi connectivity index (χ2v) is 5.42. The maximum atomic E-state index is 5.75. The number of benzene rings is 2. The van der Waals surface area contributed by atoms with Crippen LogP contribution >= 0.6 is 0 Å². The lowest BCUT2D eigenvalue weighted by Gasteiger charge is -2.07. The Morgan fingerprint density at radius 1 is 0.909 bits per heavy atom. The highest BCUT2D eigenvalue weighted by molar-refractivity contribution is 5.52. The predicted octanol–water partition coefficient (Wildman–Crippen LogP) is 4.24. The molecular weight excluding hydrogens is 276 g/mol. The molecule has 0 radical (unpaired) electrons. The molecule has 0 aliphatic heterocycles. The van der Waals surface area contributed by atoms with Gasteiger partial charge in [-0.15, -0.1) is 10.2 Å². The van der Waals surface area contributed by atoms with Gasteiger partial charge in [-0.3, -0.25) is 0 Å². The minimum atomic E-state index is 0.267. The molecule has 0 saturated carbocycles. The molecule has 0 amide bonds. The molecular formula is C18H18N2O2. The molecule has 0 aliphatic carbocycles. The van der Waals surface area contributed by atoms with Gasteiger partial charge < -0.3 is 9.15 Å². The van der Waals surface area contributed by atoms with E-state index in [1.54, 1.807) is 0 Å². The van der Waals surface area contributed by atoms with Crippen molar-refractivity contribution in [2.75, 3.05) is 0 Å². The van der Waals surface area contributed by atoms with E-state index in [0.29, 0.717) is 11.8 Å². The third-order valence-electron chi connectivity index (χ3n) is 3.45. The van der Waals surface area contributed by atoms with Gasteiger partial charge in [-0.2, -0.15) is 0 Å². The van der Waals surface area contributed by atoms with Crippen molar-refractivity contribution in [1.82, 2.24) is 10.2 Å². The molecule has 0 bridgehead atoms. The van der Waals surface area contributed by atoms with Gasteiger partial charge >= 0.3 is 0 Å². The van der Waals surface area contributed by atoms with Crippen molar-refractivity contribution < 1.29 is 9.15 Å². The van der Waals surface area contributed by atoms with Crippen LogP contribution in [0.5, 0.6) is 5.75 Å². The minimum absolute atomic E-state index is 0.267. The number of hydrogen-bond acceptors (Lipinski definition) is 4. The summed E-state index contributed by atoms with van der Waals surface area (Å²) in [5.74, 6) is 1.82. The fourth-order valence-electron chi connectivity index (χ4n) is 2.23. The zero-order valence-corrected chi connectivity index (χ0v) is 13.0. The lowest BCUT2D eigenvalue weighted by Crippen LogP contribution is -1.97. The van der Waals surface area contributed by atoms with Crippen LogP contribution in [0.15, 0.2) is 46.9 Å². The molecule has 4 heteroatoms. The van der Waals surface area contributed by atoms with Crippen molar-refractivity contribution in [1.29, 1.82) is 0 Å². The van der Waals surface area contributed by atoms with Crippen LogP contribution in [-0.2, 0) is 6.61 Å². The van der Waals surface area contributed by atoms with Gasteiger partial charge in [-0.25, -0.2) is 0 Å². The average molecular weight is 294 g/mol. The van der Waals surface area contributed by atoms with E-state index in [-0.39, 0.29) is 6.61 Å². The van der Waals surface area contributed by atoms with Crippen molar-refractivity contribution >= 4 is 0 Å². The number of hydrogen-bond donors (Lipinski definition) is 0. The normalized spacial score (nSPS) is 10.7. The molecule has 3 rings (SSSR count). The summed E-state index contributed by atoms with van der Waals surface area (Å²) in [5.41, 5.74) is 4.42. The summed E-state index contributed by atoms with van der Waals surface area (Å²) in [5, 5.41) is 8.10. The van der Waals surface area contributed by atoms with Crippen LogP contribution in [0.4, 0.5) is 0 Å². The molecule has 0 fully saturated rings. The van der Waals surface area contributed by atoms with Gasteiger partial charge in [-0.1, -0.05) is 35.4 Å². The van der Waals surface area contributed by atoms with E-state index >= 15 is 0 Å². The van der Waals surface area contributed by atoms with Crippen LogP contribution < -0.4 is 4.74 Å². The molecule has 0 atom stereocenters. The summed E-state index contributed by atoms with van der Waals surface area (Å²) >= 11 is 0. The zero-order chi connectivity index (χ0) is 15.5. The first-order chi connectivity index (χ1) is 10.6. The highest BCUT2D eigenvalue weighted by Gasteiger charge is 2.09. The summed E-state index contributed by atoms with van der Waals surface area (Å²) in [7, 11) is 0. The zero-order valence-electron chi connectivity index (χ0n) is 13.0. The van der Waals surface area contributed by atoms with Crippen molar-refractivity contribution in [3.05, 3.63) is 65.0 Å². The summed E-state index contributed by atoms with van der Waals surface area (Å²) in [4.78, 5) is 0. The fourth-order valence-corrected chi connectivity index (χ4v) is 2.23. The molecule has 0 saturated heterocycles. The Labute approximate surface area is 129 Å². The van der Waals surface area contributed by atoms with Gasteiger partial charge in [0.25, 0.3) is 5.89 Å². The Balaban J connectivity index is 1.70. The third kappa shape index (κ3) is 3.17. The van der Waals surface area contributed by atoms with Gasteiger partial charge in [-0.05, 0) is 44.5 Å². The molecule has 1 heterocycles. The van der Waals surface area contributed by atoms with Crippen LogP contribution in [0.25, 0.3) is 11.5 Å². The van der Waals surface area contributed by atoms with Crippen LogP contribution in [-0.4, -0.2) is 10.2 Å². The predicted molar refractivity (Wildman–Crippen MR) is 84.7 cm³/mol. The Morgan fingerprint density at radius 3 is 2.36 bits per heavy atom. The van der Waals surface area contributed by atoms with Crippen molar-refractivity contribution in [3.63, 3.8) is 0 Å². The quantitative estimate of drug-likeness (QED) is 0.722. The number of ether oxygens (including phenoxy) is 1. The first-order valence-electron chi connectivity index (χ1n) is 7.21. The molecule has 4 nitrogen and oxygen atoms in total. The number of nitrogens with zero attached hydrogens (tertiary/aromatic N) is 2. The lowest BCUT2D eigenvalue weighted by atomic mass is 10.1. The van der Waals surface area contributed by atoms with Crippen molar-refractivity contribution in [3.8, 4) is 17.2 Å². The SMILES string of the molecule is Cc1ccc(-c2nnc(COc3ccc(C)cc3C)o2)cc1. The Hall–Kier alpha value is -2.62. The fraction of sp³-hybridized carbons (Fsp3) is 0.222. The van der Waals surface area contributed by atoms with Gasteiger partial charge in [0.1, 0.15) is 5.75 Å².